The molecule has 1 heterocycles. The van der Waals surface area contributed by atoms with Crippen molar-refractivity contribution in [1.82, 2.24) is 9.55 Å². The first-order valence-corrected chi connectivity index (χ1v) is 7.59. The van der Waals surface area contributed by atoms with Gasteiger partial charge in [0.2, 0.25) is 0 Å². The molecule has 0 atom stereocenters. The number of aromatic nitrogens is 2. The number of hydrogen-bond donors (Lipinski definition) is 0. The van der Waals surface area contributed by atoms with E-state index in [2.05, 4.69) is 4.98 Å². The third-order valence-electron chi connectivity index (χ3n) is 3.84. The number of rotatable bonds is 4. The summed E-state index contributed by atoms with van der Waals surface area (Å²) in [5.41, 5.74) is 0.101. The Bertz CT molecular complexity index is 916. The third-order valence-corrected chi connectivity index (χ3v) is 3.84. The monoisotopic (exact) mass is 388 g/mol. The Morgan fingerprint density at radius 3 is 1.63 bits per heavy atom. The molecule has 0 aliphatic carbocycles. The van der Waals surface area contributed by atoms with Crippen molar-refractivity contribution in [3.63, 3.8) is 0 Å². The highest BCUT2D eigenvalue weighted by Crippen LogP contribution is 2.50. The molecule has 0 saturated carbocycles. The highest BCUT2D eigenvalue weighted by molar-refractivity contribution is 5.65. The van der Waals surface area contributed by atoms with E-state index in [0.717, 1.165) is 0 Å². The molecular weight excluding hydrogens is 377 g/mol. The van der Waals surface area contributed by atoms with E-state index in [1.165, 1.54) is 42.5 Å². The molecule has 0 aliphatic heterocycles. The van der Waals surface area contributed by atoms with Crippen LogP contribution < -0.4 is 0 Å². The fourth-order valence-electron chi connectivity index (χ4n) is 2.45. The minimum absolute atomic E-state index is 0.0302. The fraction of sp³-hybridized carbons (Fsp3) is 0.167. The minimum atomic E-state index is -6.44. The van der Waals surface area contributed by atoms with Crippen molar-refractivity contribution in [2.75, 3.05) is 0 Å². The topological polar surface area (TPSA) is 17.8 Å². The summed E-state index contributed by atoms with van der Waals surface area (Å²) in [6.07, 6.45) is -5.95. The molecule has 0 bridgehead atoms. The van der Waals surface area contributed by atoms with E-state index in [9.17, 15) is 30.7 Å². The van der Waals surface area contributed by atoms with Crippen molar-refractivity contribution >= 4 is 0 Å². The maximum atomic E-state index is 14.4. The molecule has 0 N–H and O–H groups in total. The van der Waals surface area contributed by atoms with Gasteiger partial charge >= 0.3 is 18.1 Å². The summed E-state index contributed by atoms with van der Waals surface area (Å²) in [6, 6.07) is 9.07. The largest absolute Gasteiger partial charge is 0.462 e. The molecule has 3 aromatic rings. The zero-order chi connectivity index (χ0) is 19.9. The van der Waals surface area contributed by atoms with Crippen LogP contribution >= 0.6 is 0 Å². The zero-order valence-corrected chi connectivity index (χ0v) is 13.4. The second kappa shape index (κ2) is 6.40. The first-order chi connectivity index (χ1) is 12.6. The molecule has 2 aromatic carbocycles. The molecule has 3 rings (SSSR count). The van der Waals surface area contributed by atoms with Gasteiger partial charge in [0.25, 0.3) is 0 Å². The van der Waals surface area contributed by atoms with Crippen molar-refractivity contribution in [3.8, 4) is 22.6 Å². The van der Waals surface area contributed by atoms with Crippen LogP contribution in [0.3, 0.4) is 0 Å². The van der Waals surface area contributed by atoms with E-state index in [4.69, 9.17) is 0 Å². The fourth-order valence-corrected chi connectivity index (χ4v) is 2.45. The highest BCUT2D eigenvalue weighted by atomic mass is 19.4. The molecule has 0 amide bonds. The smallest absolute Gasteiger partial charge is 0.265 e. The second-order valence-electron chi connectivity index (χ2n) is 5.67. The Labute approximate surface area is 148 Å². The number of alkyl halides is 7. The lowest BCUT2D eigenvalue weighted by atomic mass is 10.2. The lowest BCUT2D eigenvalue weighted by molar-refractivity contribution is -0.380. The number of halogens is 7. The second-order valence-corrected chi connectivity index (χ2v) is 5.67. The SMILES string of the molecule is FC(F)(F)C(F)(F)C(F)(F)n1cc(-c2ccccc2)nc1-c1ccccc1. The van der Waals surface area contributed by atoms with Gasteiger partial charge in [-0.15, -0.1) is 0 Å². The summed E-state index contributed by atoms with van der Waals surface area (Å²) in [4.78, 5) is 3.89. The molecule has 1 aromatic heterocycles. The Balaban J connectivity index is 2.24. The van der Waals surface area contributed by atoms with Crippen molar-refractivity contribution in [3.05, 3.63) is 66.9 Å². The first-order valence-electron chi connectivity index (χ1n) is 7.59. The standard InChI is InChI=1S/C18H11F7N2/c19-16(20,17(21,22)23)18(24,25)27-11-14(12-7-3-1-4-8-12)26-15(27)13-9-5-2-6-10-13/h1-11H. The van der Waals surface area contributed by atoms with Gasteiger partial charge in [-0.05, 0) is 0 Å². The highest BCUT2D eigenvalue weighted by Gasteiger charge is 2.74. The molecule has 0 radical (unpaired) electrons. The number of hydrogen-bond acceptors (Lipinski definition) is 1. The van der Waals surface area contributed by atoms with Gasteiger partial charge < -0.3 is 0 Å². The Kier molecular flexibility index (Phi) is 4.49. The normalized spacial score (nSPS) is 13.0. The van der Waals surface area contributed by atoms with Crippen molar-refractivity contribution in [2.24, 2.45) is 0 Å². The molecule has 0 unspecified atom stereocenters. The summed E-state index contributed by atoms with van der Waals surface area (Å²) in [5.74, 6) is -7.00. The van der Waals surface area contributed by atoms with Crippen LogP contribution in [0.5, 0.6) is 0 Å². The maximum absolute atomic E-state index is 14.4. The quantitative estimate of drug-likeness (QED) is 0.504. The van der Waals surface area contributed by atoms with Crippen LogP contribution in [0, 0.1) is 0 Å². The van der Waals surface area contributed by atoms with E-state index < -0.39 is 28.5 Å². The van der Waals surface area contributed by atoms with Crippen LogP contribution in [-0.4, -0.2) is 21.6 Å². The van der Waals surface area contributed by atoms with Crippen molar-refractivity contribution in [2.45, 2.75) is 18.1 Å². The molecule has 27 heavy (non-hydrogen) atoms. The summed E-state index contributed by atoms with van der Waals surface area (Å²) in [5, 5.41) is 0. The van der Waals surface area contributed by atoms with Crippen LogP contribution in [-0.2, 0) is 6.05 Å². The van der Waals surface area contributed by atoms with E-state index in [-0.39, 0.29) is 11.3 Å². The average molecular weight is 388 g/mol. The van der Waals surface area contributed by atoms with E-state index in [0.29, 0.717) is 11.8 Å². The zero-order valence-electron chi connectivity index (χ0n) is 13.4. The number of imidazole rings is 1. The Hall–Kier alpha value is -2.84. The van der Waals surface area contributed by atoms with Gasteiger partial charge in [0.1, 0.15) is 5.82 Å². The van der Waals surface area contributed by atoms with Crippen LogP contribution in [0.1, 0.15) is 0 Å². The van der Waals surface area contributed by atoms with Gasteiger partial charge in [-0.2, -0.15) is 30.7 Å². The number of benzene rings is 2. The Morgan fingerprint density at radius 1 is 0.667 bits per heavy atom. The van der Waals surface area contributed by atoms with Gasteiger partial charge in [0.15, 0.2) is 0 Å². The van der Waals surface area contributed by atoms with Crippen molar-refractivity contribution in [1.29, 1.82) is 0 Å². The van der Waals surface area contributed by atoms with Crippen LogP contribution in [0.2, 0.25) is 0 Å². The molecule has 0 aliphatic rings. The van der Waals surface area contributed by atoms with Gasteiger partial charge in [0, 0.05) is 17.3 Å². The van der Waals surface area contributed by atoms with Gasteiger partial charge in [-0.3, -0.25) is 4.57 Å². The molecule has 0 fully saturated rings. The predicted molar refractivity (Wildman–Crippen MR) is 84.3 cm³/mol. The summed E-state index contributed by atoms with van der Waals surface area (Å²) < 4.78 is 93.3. The minimum Gasteiger partial charge on any atom is -0.265 e. The molecule has 0 saturated heterocycles. The lowest BCUT2D eigenvalue weighted by Gasteiger charge is -2.29. The molecule has 9 heteroatoms. The summed E-state index contributed by atoms with van der Waals surface area (Å²) in [7, 11) is 0. The number of nitrogens with zero attached hydrogens (tertiary/aromatic N) is 2. The van der Waals surface area contributed by atoms with Crippen LogP contribution in [0.15, 0.2) is 66.9 Å². The van der Waals surface area contributed by atoms with Crippen molar-refractivity contribution < 1.29 is 30.7 Å². The average Bonchev–Trinajstić information content (AvgIpc) is 3.08. The predicted octanol–water partition coefficient (Wildman–Crippen LogP) is 5.96. The molecule has 2 nitrogen and oxygen atoms in total. The van der Waals surface area contributed by atoms with Gasteiger partial charge in [-0.1, -0.05) is 60.7 Å². The summed E-state index contributed by atoms with van der Waals surface area (Å²) in [6.45, 7) is 0. The lowest BCUT2D eigenvalue weighted by Crippen LogP contribution is -2.53. The van der Waals surface area contributed by atoms with E-state index in [1.807, 2.05) is 0 Å². The van der Waals surface area contributed by atoms with E-state index in [1.54, 1.807) is 18.2 Å². The Morgan fingerprint density at radius 2 is 1.15 bits per heavy atom. The maximum Gasteiger partial charge on any atom is 0.462 e. The molecule has 142 valence electrons. The van der Waals surface area contributed by atoms with Crippen LogP contribution in [0.25, 0.3) is 22.6 Å². The van der Waals surface area contributed by atoms with E-state index >= 15 is 0 Å². The molecule has 0 spiro atoms. The van der Waals surface area contributed by atoms with Gasteiger partial charge in [0.05, 0.1) is 5.69 Å². The summed E-state index contributed by atoms with van der Waals surface area (Å²) >= 11 is 0. The molecular formula is C18H11F7N2. The van der Waals surface area contributed by atoms with Crippen LogP contribution in [0.4, 0.5) is 30.7 Å². The third kappa shape index (κ3) is 3.17. The van der Waals surface area contributed by atoms with Gasteiger partial charge in [-0.25, -0.2) is 4.98 Å². The first kappa shape index (κ1) is 18.9.